The summed E-state index contributed by atoms with van der Waals surface area (Å²) in [5, 5.41) is 13.5. The monoisotopic (exact) mass is 536 g/mol. The SMILES string of the molecule is O=C(CSc1ccc2oc(=O)c(C(=O)O)cc2c1)NC[C@H]1CN(Cc2ccc(Cl)c(Cl)c2)CCO1. The number of rotatable bonds is 8. The summed E-state index contributed by atoms with van der Waals surface area (Å²) in [7, 11) is 0. The Balaban J connectivity index is 1.26. The number of carboxylic acid groups (broad SMARTS) is 1. The normalized spacial score (nSPS) is 16.3. The highest BCUT2D eigenvalue weighted by Gasteiger charge is 2.21. The number of nitrogens with zero attached hydrogens (tertiary/aromatic N) is 1. The lowest BCUT2D eigenvalue weighted by Crippen LogP contribution is -2.47. The van der Waals surface area contributed by atoms with Gasteiger partial charge in [0.15, 0.2) is 0 Å². The fraction of sp³-hybridized carbons (Fsp3) is 0.292. The number of carbonyl (C=O) groups is 2. The van der Waals surface area contributed by atoms with Gasteiger partial charge >= 0.3 is 11.6 Å². The van der Waals surface area contributed by atoms with Gasteiger partial charge in [0.05, 0.1) is 28.5 Å². The molecule has 1 saturated heterocycles. The van der Waals surface area contributed by atoms with Crippen molar-refractivity contribution in [2.75, 3.05) is 32.0 Å². The molecule has 0 spiro atoms. The van der Waals surface area contributed by atoms with E-state index in [9.17, 15) is 14.4 Å². The third-order valence-electron chi connectivity index (χ3n) is 5.44. The quantitative estimate of drug-likeness (QED) is 0.329. The largest absolute Gasteiger partial charge is 0.477 e. The number of aromatic carboxylic acids is 1. The number of halogens is 2. The van der Waals surface area contributed by atoms with E-state index in [0.717, 1.165) is 17.0 Å². The number of benzene rings is 2. The number of carbonyl (C=O) groups excluding carboxylic acids is 1. The Morgan fingerprint density at radius 3 is 2.74 bits per heavy atom. The fourth-order valence-corrected chi connectivity index (χ4v) is 4.81. The topological polar surface area (TPSA) is 109 Å². The molecule has 2 aromatic carbocycles. The van der Waals surface area contributed by atoms with Crippen LogP contribution in [-0.4, -0.2) is 60.0 Å². The molecule has 35 heavy (non-hydrogen) atoms. The third-order valence-corrected chi connectivity index (χ3v) is 7.18. The number of ether oxygens (including phenoxy) is 1. The van der Waals surface area contributed by atoms with Gasteiger partial charge in [-0.3, -0.25) is 9.69 Å². The van der Waals surface area contributed by atoms with Gasteiger partial charge in [0.2, 0.25) is 5.91 Å². The lowest BCUT2D eigenvalue weighted by Gasteiger charge is -2.33. The van der Waals surface area contributed by atoms with Crippen LogP contribution < -0.4 is 10.9 Å². The number of hydrogen-bond donors (Lipinski definition) is 2. The van der Waals surface area contributed by atoms with Crippen LogP contribution in [0.4, 0.5) is 0 Å². The van der Waals surface area contributed by atoms with Crippen LogP contribution in [0, 0.1) is 0 Å². The Labute approximate surface area is 215 Å². The maximum Gasteiger partial charge on any atom is 0.351 e. The van der Waals surface area contributed by atoms with Crippen LogP contribution in [0.25, 0.3) is 11.0 Å². The highest BCUT2D eigenvalue weighted by molar-refractivity contribution is 8.00. The molecule has 0 saturated carbocycles. The minimum Gasteiger partial charge on any atom is -0.477 e. The first-order valence-corrected chi connectivity index (χ1v) is 12.5. The minimum absolute atomic E-state index is 0.126. The van der Waals surface area contributed by atoms with Crippen LogP contribution in [0.1, 0.15) is 15.9 Å². The molecule has 4 rings (SSSR count). The fourth-order valence-electron chi connectivity index (χ4n) is 3.71. The van der Waals surface area contributed by atoms with E-state index in [2.05, 4.69) is 10.2 Å². The van der Waals surface area contributed by atoms with Crippen molar-refractivity contribution in [3.05, 3.63) is 74.1 Å². The second-order valence-corrected chi connectivity index (χ2v) is 9.88. The van der Waals surface area contributed by atoms with Gasteiger partial charge in [-0.15, -0.1) is 11.8 Å². The summed E-state index contributed by atoms with van der Waals surface area (Å²) in [6, 6.07) is 11.9. The molecule has 0 bridgehead atoms. The Morgan fingerprint density at radius 1 is 1.14 bits per heavy atom. The van der Waals surface area contributed by atoms with Crippen molar-refractivity contribution >= 4 is 57.8 Å². The lowest BCUT2D eigenvalue weighted by molar-refractivity contribution is -0.119. The first-order valence-electron chi connectivity index (χ1n) is 10.8. The van der Waals surface area contributed by atoms with Crippen molar-refractivity contribution in [2.45, 2.75) is 17.5 Å². The number of hydrogen-bond acceptors (Lipinski definition) is 7. The van der Waals surface area contributed by atoms with Gasteiger partial charge in [0, 0.05) is 36.5 Å². The Bertz CT molecular complexity index is 1310. The summed E-state index contributed by atoms with van der Waals surface area (Å²) in [5.41, 5.74) is 0.0163. The molecule has 1 aromatic heterocycles. The van der Waals surface area contributed by atoms with Gasteiger partial charge in [-0.1, -0.05) is 29.3 Å². The molecule has 1 atom stereocenters. The molecule has 1 amide bonds. The van der Waals surface area contributed by atoms with Crippen LogP contribution in [-0.2, 0) is 16.1 Å². The summed E-state index contributed by atoms with van der Waals surface area (Å²) < 4.78 is 10.8. The number of amides is 1. The van der Waals surface area contributed by atoms with E-state index in [1.165, 1.54) is 17.8 Å². The second-order valence-electron chi connectivity index (χ2n) is 8.02. The molecule has 0 aliphatic carbocycles. The molecule has 8 nitrogen and oxygen atoms in total. The smallest absolute Gasteiger partial charge is 0.351 e. The van der Waals surface area contributed by atoms with Crippen molar-refractivity contribution in [3.63, 3.8) is 0 Å². The van der Waals surface area contributed by atoms with Crippen LogP contribution in [0.2, 0.25) is 10.0 Å². The third kappa shape index (κ3) is 6.77. The Hall–Kier alpha value is -2.56. The molecule has 2 heterocycles. The standard InChI is InChI=1S/C24H22Cl2N2O6S/c25-19-3-1-14(7-20(19)26)11-28-5-6-33-16(12-28)10-27-22(29)13-35-17-2-4-21-15(8-17)9-18(23(30)31)24(32)34-21/h1-4,7-9,16H,5-6,10-13H2,(H,27,29)(H,30,31)/t16-/m0/s1. The van der Waals surface area contributed by atoms with E-state index in [0.29, 0.717) is 41.7 Å². The van der Waals surface area contributed by atoms with Crippen molar-refractivity contribution in [2.24, 2.45) is 0 Å². The molecule has 1 aliphatic rings. The lowest BCUT2D eigenvalue weighted by atomic mass is 10.2. The predicted molar refractivity (Wildman–Crippen MR) is 135 cm³/mol. The number of fused-ring (bicyclic) bond motifs is 1. The second kappa shape index (κ2) is 11.5. The first-order chi connectivity index (χ1) is 16.8. The van der Waals surface area contributed by atoms with Crippen LogP contribution in [0.3, 0.4) is 0 Å². The van der Waals surface area contributed by atoms with Crippen molar-refractivity contribution in [1.82, 2.24) is 10.2 Å². The Morgan fingerprint density at radius 2 is 1.97 bits per heavy atom. The van der Waals surface area contributed by atoms with Gasteiger partial charge in [0.25, 0.3) is 0 Å². The predicted octanol–water partition coefficient (Wildman–Crippen LogP) is 3.91. The molecule has 2 N–H and O–H groups in total. The summed E-state index contributed by atoms with van der Waals surface area (Å²) in [6.45, 7) is 3.14. The zero-order valence-corrected chi connectivity index (χ0v) is 20.8. The van der Waals surface area contributed by atoms with Crippen molar-refractivity contribution in [3.8, 4) is 0 Å². The molecule has 0 radical (unpaired) electrons. The number of nitrogens with one attached hydrogen (secondary N) is 1. The molecule has 3 aromatic rings. The molecule has 1 fully saturated rings. The van der Waals surface area contributed by atoms with Gasteiger partial charge in [0.1, 0.15) is 11.1 Å². The highest BCUT2D eigenvalue weighted by Crippen LogP contribution is 2.25. The maximum absolute atomic E-state index is 12.4. The van der Waals surface area contributed by atoms with E-state index in [1.807, 2.05) is 12.1 Å². The van der Waals surface area contributed by atoms with Crippen molar-refractivity contribution < 1.29 is 23.8 Å². The molecule has 0 unspecified atom stereocenters. The zero-order chi connectivity index (χ0) is 24.9. The van der Waals surface area contributed by atoms with E-state index in [4.69, 9.17) is 37.5 Å². The minimum atomic E-state index is -1.35. The van der Waals surface area contributed by atoms with E-state index in [1.54, 1.807) is 24.3 Å². The first kappa shape index (κ1) is 25.5. The molecular formula is C24H22Cl2N2O6S. The molecular weight excluding hydrogens is 515 g/mol. The zero-order valence-electron chi connectivity index (χ0n) is 18.5. The average molecular weight is 537 g/mol. The molecule has 11 heteroatoms. The van der Waals surface area contributed by atoms with Gasteiger partial charge in [-0.05, 0) is 42.0 Å². The maximum atomic E-state index is 12.4. The summed E-state index contributed by atoms with van der Waals surface area (Å²) >= 11 is 13.4. The van der Waals surface area contributed by atoms with E-state index < -0.39 is 17.2 Å². The number of carboxylic acids is 1. The van der Waals surface area contributed by atoms with Gasteiger partial charge < -0.3 is 19.6 Å². The number of thioether (sulfide) groups is 1. The molecule has 1 aliphatic heterocycles. The van der Waals surface area contributed by atoms with Crippen LogP contribution in [0.15, 0.2) is 56.6 Å². The van der Waals surface area contributed by atoms with Crippen LogP contribution in [0.5, 0.6) is 0 Å². The van der Waals surface area contributed by atoms with Gasteiger partial charge in [-0.2, -0.15) is 0 Å². The van der Waals surface area contributed by atoms with E-state index >= 15 is 0 Å². The average Bonchev–Trinajstić information content (AvgIpc) is 2.83. The summed E-state index contributed by atoms with van der Waals surface area (Å²) in [4.78, 5) is 38.2. The highest BCUT2D eigenvalue weighted by atomic mass is 35.5. The Kier molecular flexibility index (Phi) is 8.35. The van der Waals surface area contributed by atoms with Gasteiger partial charge in [-0.25, -0.2) is 9.59 Å². The molecule has 184 valence electrons. The number of morpholine rings is 1. The van der Waals surface area contributed by atoms with Crippen LogP contribution >= 0.6 is 35.0 Å². The summed E-state index contributed by atoms with van der Waals surface area (Å²) in [5.74, 6) is -1.32. The van der Waals surface area contributed by atoms with E-state index in [-0.39, 0.29) is 23.3 Å². The van der Waals surface area contributed by atoms with Crippen molar-refractivity contribution in [1.29, 1.82) is 0 Å². The summed E-state index contributed by atoms with van der Waals surface area (Å²) in [6.07, 6.45) is -0.126.